The first-order valence-corrected chi connectivity index (χ1v) is 9.93. The monoisotopic (exact) mass is 406 g/mol. The van der Waals surface area contributed by atoms with Gasteiger partial charge in [0.15, 0.2) is 0 Å². The normalized spacial score (nSPS) is 11.3. The largest absolute Gasteiger partial charge is 0.455 e. The summed E-state index contributed by atoms with van der Waals surface area (Å²) in [5.74, 6) is -0.411. The number of rotatable bonds is 6. The number of hydrogen-bond acceptors (Lipinski definition) is 4. The molecule has 6 nitrogen and oxygen atoms in total. The van der Waals surface area contributed by atoms with Crippen LogP contribution in [0.5, 0.6) is 0 Å². The minimum absolute atomic E-state index is 0.0133. The van der Waals surface area contributed by atoms with Crippen molar-refractivity contribution in [3.63, 3.8) is 0 Å². The van der Waals surface area contributed by atoms with Crippen LogP contribution >= 0.6 is 0 Å². The average Bonchev–Trinajstić information content (AvgIpc) is 3.06. The second-order valence-corrected chi connectivity index (χ2v) is 8.15. The van der Waals surface area contributed by atoms with Crippen molar-refractivity contribution in [2.45, 2.75) is 46.3 Å². The average molecular weight is 406 g/mol. The van der Waals surface area contributed by atoms with Gasteiger partial charge < -0.3 is 9.30 Å². The fraction of sp³-hybridized carbons (Fsp3) is 0.292. The Hall–Kier alpha value is -3.41. The number of non-ortho nitro benzene ring substituents is 1. The number of aryl methyl sites for hydroxylation is 1. The number of nitro groups is 1. The highest BCUT2D eigenvalue weighted by Gasteiger charge is 2.27. The van der Waals surface area contributed by atoms with E-state index in [0.717, 1.165) is 22.3 Å². The lowest BCUT2D eigenvalue weighted by Gasteiger charge is -2.21. The molecule has 30 heavy (non-hydrogen) atoms. The summed E-state index contributed by atoms with van der Waals surface area (Å²) in [5.41, 5.74) is 3.40. The van der Waals surface area contributed by atoms with Crippen LogP contribution in [0.4, 0.5) is 5.69 Å². The van der Waals surface area contributed by atoms with Gasteiger partial charge >= 0.3 is 5.97 Å². The molecule has 6 heteroatoms. The van der Waals surface area contributed by atoms with Crippen molar-refractivity contribution in [3.8, 4) is 11.1 Å². The number of hydrogen-bond donors (Lipinski definition) is 0. The Morgan fingerprint density at radius 3 is 2.23 bits per heavy atom. The maximum absolute atomic E-state index is 13.2. The summed E-state index contributed by atoms with van der Waals surface area (Å²) in [7, 11) is 0. The Labute approximate surface area is 176 Å². The smallest absolute Gasteiger partial charge is 0.356 e. The van der Waals surface area contributed by atoms with Crippen LogP contribution in [0.1, 0.15) is 49.3 Å². The molecule has 0 unspecified atom stereocenters. The molecule has 0 aliphatic carbocycles. The van der Waals surface area contributed by atoms with E-state index in [1.165, 1.54) is 12.1 Å². The molecule has 0 radical (unpaired) electrons. The van der Waals surface area contributed by atoms with Crippen LogP contribution in [0.25, 0.3) is 11.1 Å². The number of aromatic nitrogens is 1. The van der Waals surface area contributed by atoms with Gasteiger partial charge in [0, 0.05) is 30.4 Å². The van der Waals surface area contributed by atoms with Crippen LogP contribution in [-0.4, -0.2) is 21.1 Å². The van der Waals surface area contributed by atoms with E-state index in [1.807, 2.05) is 68.8 Å². The number of carbonyl (C=O) groups is 1. The van der Waals surface area contributed by atoms with E-state index < -0.39 is 16.5 Å². The molecule has 0 atom stereocenters. The van der Waals surface area contributed by atoms with E-state index in [1.54, 1.807) is 12.1 Å². The van der Waals surface area contributed by atoms with Crippen molar-refractivity contribution in [2.24, 2.45) is 0 Å². The van der Waals surface area contributed by atoms with Gasteiger partial charge in [0.1, 0.15) is 11.3 Å². The lowest BCUT2D eigenvalue weighted by molar-refractivity contribution is -0.384. The lowest BCUT2D eigenvalue weighted by atomic mass is 9.99. The maximum atomic E-state index is 13.2. The van der Waals surface area contributed by atoms with Gasteiger partial charge in [-0.3, -0.25) is 10.1 Å². The van der Waals surface area contributed by atoms with Crippen LogP contribution in [0.2, 0.25) is 0 Å². The Morgan fingerprint density at radius 1 is 1.07 bits per heavy atom. The summed E-state index contributed by atoms with van der Waals surface area (Å²) >= 11 is 0. The minimum Gasteiger partial charge on any atom is -0.455 e. The van der Waals surface area contributed by atoms with Gasteiger partial charge in [0.2, 0.25) is 0 Å². The zero-order valence-corrected chi connectivity index (χ0v) is 17.7. The molecule has 0 saturated carbocycles. The van der Waals surface area contributed by atoms with Crippen LogP contribution in [-0.2, 0) is 17.7 Å². The Kier molecular flexibility index (Phi) is 6.06. The van der Waals surface area contributed by atoms with Crippen molar-refractivity contribution in [1.82, 2.24) is 4.57 Å². The fourth-order valence-electron chi connectivity index (χ4n) is 3.40. The molecule has 0 bridgehead atoms. The van der Waals surface area contributed by atoms with E-state index in [4.69, 9.17) is 4.74 Å². The number of ether oxygens (including phenoxy) is 1. The quantitative estimate of drug-likeness (QED) is 0.302. The van der Waals surface area contributed by atoms with Gasteiger partial charge in [0.25, 0.3) is 5.69 Å². The van der Waals surface area contributed by atoms with Gasteiger partial charge in [-0.2, -0.15) is 0 Å². The molecule has 3 rings (SSSR count). The minimum atomic E-state index is -0.641. The molecule has 0 N–H and O–H groups in total. The predicted octanol–water partition coefficient (Wildman–Crippen LogP) is 5.63. The molecule has 0 fully saturated rings. The third-order valence-corrected chi connectivity index (χ3v) is 4.69. The fourth-order valence-corrected chi connectivity index (χ4v) is 3.40. The summed E-state index contributed by atoms with van der Waals surface area (Å²) in [6, 6.07) is 16.2. The van der Waals surface area contributed by atoms with E-state index in [9.17, 15) is 14.9 Å². The predicted molar refractivity (Wildman–Crippen MR) is 117 cm³/mol. The van der Waals surface area contributed by atoms with Crippen LogP contribution in [0, 0.1) is 10.1 Å². The van der Waals surface area contributed by atoms with Crippen LogP contribution in [0.3, 0.4) is 0 Å². The van der Waals surface area contributed by atoms with Crippen molar-refractivity contribution >= 4 is 11.7 Å². The van der Waals surface area contributed by atoms with Crippen molar-refractivity contribution in [1.29, 1.82) is 0 Å². The van der Waals surface area contributed by atoms with Gasteiger partial charge in [-0.05, 0) is 56.0 Å². The number of esters is 1. The molecule has 1 heterocycles. The lowest BCUT2D eigenvalue weighted by Crippen LogP contribution is -2.26. The Balaban J connectivity index is 2.15. The highest BCUT2D eigenvalue weighted by Crippen LogP contribution is 2.33. The summed E-state index contributed by atoms with van der Waals surface area (Å²) in [5, 5.41) is 11.0. The zero-order chi connectivity index (χ0) is 21.9. The molecule has 2 aromatic carbocycles. The first kappa shape index (κ1) is 21.3. The van der Waals surface area contributed by atoms with E-state index in [2.05, 4.69) is 0 Å². The first-order valence-electron chi connectivity index (χ1n) is 9.93. The van der Waals surface area contributed by atoms with Gasteiger partial charge in [-0.15, -0.1) is 0 Å². The standard InChI is InChI=1S/C24H26N2O4/c1-5-18-16-25(15-17-9-7-6-8-10-17)22(23(27)30-24(2,3)4)21(18)19-11-13-20(14-12-19)26(28)29/h6-14,16H,5,15H2,1-4H3. The Bertz CT molecular complexity index is 1050. The molecule has 0 saturated heterocycles. The van der Waals surface area contributed by atoms with Gasteiger partial charge in [-0.25, -0.2) is 4.79 Å². The molecular formula is C24H26N2O4. The molecule has 3 aromatic rings. The van der Waals surface area contributed by atoms with Crippen molar-refractivity contribution in [3.05, 3.63) is 87.7 Å². The highest BCUT2D eigenvalue weighted by atomic mass is 16.6. The molecule has 1 aromatic heterocycles. The summed E-state index contributed by atoms with van der Waals surface area (Å²) in [4.78, 5) is 23.8. The van der Waals surface area contributed by atoms with Crippen molar-refractivity contribution < 1.29 is 14.5 Å². The molecule has 156 valence electrons. The van der Waals surface area contributed by atoms with E-state index in [0.29, 0.717) is 18.7 Å². The van der Waals surface area contributed by atoms with Gasteiger partial charge in [0.05, 0.1) is 4.92 Å². The van der Waals surface area contributed by atoms with Crippen LogP contribution < -0.4 is 0 Å². The maximum Gasteiger partial charge on any atom is 0.356 e. The number of nitrogens with zero attached hydrogens (tertiary/aromatic N) is 2. The number of carbonyl (C=O) groups excluding carboxylic acids is 1. The molecule has 0 spiro atoms. The zero-order valence-electron chi connectivity index (χ0n) is 17.7. The van der Waals surface area contributed by atoms with E-state index >= 15 is 0 Å². The topological polar surface area (TPSA) is 74.4 Å². The van der Waals surface area contributed by atoms with E-state index in [-0.39, 0.29) is 5.69 Å². The Morgan fingerprint density at radius 2 is 1.70 bits per heavy atom. The number of nitro benzene ring substituents is 1. The molecule has 0 aliphatic heterocycles. The molecule has 0 amide bonds. The third kappa shape index (κ3) is 4.76. The summed E-state index contributed by atoms with van der Waals surface area (Å²) in [6.07, 6.45) is 2.69. The van der Waals surface area contributed by atoms with Gasteiger partial charge in [-0.1, -0.05) is 37.3 Å². The second kappa shape index (κ2) is 8.53. The highest BCUT2D eigenvalue weighted by molar-refractivity contribution is 5.97. The first-order chi connectivity index (χ1) is 14.2. The third-order valence-electron chi connectivity index (χ3n) is 4.69. The van der Waals surface area contributed by atoms with Crippen LogP contribution in [0.15, 0.2) is 60.8 Å². The summed E-state index contributed by atoms with van der Waals surface area (Å²) in [6.45, 7) is 8.05. The van der Waals surface area contributed by atoms with Crippen molar-refractivity contribution in [2.75, 3.05) is 0 Å². The number of benzene rings is 2. The SMILES string of the molecule is CCc1cn(Cc2ccccc2)c(C(=O)OC(C)(C)C)c1-c1ccc([N+](=O)[O-])cc1. The molecule has 0 aliphatic rings. The summed E-state index contributed by atoms with van der Waals surface area (Å²) < 4.78 is 7.63. The second-order valence-electron chi connectivity index (χ2n) is 8.15. The molecular weight excluding hydrogens is 380 g/mol.